The summed E-state index contributed by atoms with van der Waals surface area (Å²) >= 11 is 7.73. The predicted molar refractivity (Wildman–Crippen MR) is 152 cm³/mol. The average molecular weight is 589 g/mol. The smallest absolute Gasteiger partial charge is 0.359 e. The molecule has 0 fully saturated rings. The van der Waals surface area contributed by atoms with Crippen molar-refractivity contribution in [3.8, 4) is 11.3 Å². The summed E-state index contributed by atoms with van der Waals surface area (Å²) in [6.07, 6.45) is 4.49. The Morgan fingerprint density at radius 1 is 1.10 bits per heavy atom. The second kappa shape index (κ2) is 14.4. The molecule has 1 atom stereocenters. The lowest BCUT2D eigenvalue weighted by Gasteiger charge is -2.32. The van der Waals surface area contributed by atoms with Crippen LogP contribution in [0.25, 0.3) is 11.3 Å². The third-order valence-corrected chi connectivity index (χ3v) is 8.36. The van der Waals surface area contributed by atoms with Crippen molar-refractivity contribution in [2.24, 2.45) is 12.8 Å². The van der Waals surface area contributed by atoms with E-state index in [4.69, 9.17) is 17.3 Å². The Morgan fingerprint density at radius 3 is 2.33 bits per heavy atom. The van der Waals surface area contributed by atoms with Crippen LogP contribution >= 0.6 is 22.9 Å². The van der Waals surface area contributed by atoms with Crippen molar-refractivity contribution in [3.63, 3.8) is 0 Å². The van der Waals surface area contributed by atoms with E-state index in [0.717, 1.165) is 31.7 Å². The quantitative estimate of drug-likeness (QED) is 0.141. The van der Waals surface area contributed by atoms with E-state index in [1.54, 1.807) is 12.1 Å². The first-order valence-corrected chi connectivity index (χ1v) is 14.6. The van der Waals surface area contributed by atoms with Crippen LogP contribution in [-0.2, 0) is 19.6 Å². The van der Waals surface area contributed by atoms with E-state index < -0.39 is 29.2 Å². The van der Waals surface area contributed by atoms with Gasteiger partial charge in [-0.3, -0.25) is 14.6 Å². The largest absolute Gasteiger partial charge is 0.416 e. The van der Waals surface area contributed by atoms with Crippen molar-refractivity contribution in [1.82, 2.24) is 9.78 Å². The number of benzene rings is 1. The molecule has 2 heterocycles. The van der Waals surface area contributed by atoms with Crippen LogP contribution < -0.4 is 16.2 Å². The molecular weight excluding hydrogens is 552 g/mol. The highest BCUT2D eigenvalue weighted by atomic mass is 35.5. The number of aromatic amines is 1. The maximum atomic E-state index is 14.6. The third-order valence-electron chi connectivity index (χ3n) is 6.97. The molecule has 0 unspecified atom stereocenters. The number of unbranched alkanes of at least 4 members (excludes halogenated alkanes) is 7. The number of nitrogens with two attached hydrogens (primary N) is 1. The van der Waals surface area contributed by atoms with Crippen LogP contribution in [-0.4, -0.2) is 28.9 Å². The van der Waals surface area contributed by atoms with Gasteiger partial charge in [0.25, 0.3) is 0 Å². The molecule has 2 aromatic heterocycles. The van der Waals surface area contributed by atoms with Crippen LogP contribution in [0.5, 0.6) is 0 Å². The Morgan fingerprint density at radius 2 is 1.74 bits per heavy atom. The van der Waals surface area contributed by atoms with Crippen LogP contribution in [0.1, 0.15) is 69.4 Å². The van der Waals surface area contributed by atoms with E-state index in [0.29, 0.717) is 17.1 Å². The topological polar surface area (TPSA) is 67.0 Å². The molecule has 1 aromatic carbocycles. The molecule has 0 saturated carbocycles. The second-order valence-electron chi connectivity index (χ2n) is 9.85. The van der Waals surface area contributed by atoms with Gasteiger partial charge in [-0.1, -0.05) is 81.7 Å². The fourth-order valence-electron chi connectivity index (χ4n) is 4.91. The zero-order chi connectivity index (χ0) is 28.6. The van der Waals surface area contributed by atoms with Gasteiger partial charge in [0, 0.05) is 31.7 Å². The highest BCUT2D eigenvalue weighted by molar-refractivity contribution is 7.20. The minimum Gasteiger partial charge on any atom is -0.359 e. The highest BCUT2D eigenvalue weighted by Gasteiger charge is 2.34. The van der Waals surface area contributed by atoms with Crippen LogP contribution in [0.4, 0.5) is 22.6 Å². The Bertz CT molecular complexity index is 1250. The van der Waals surface area contributed by atoms with Crippen molar-refractivity contribution < 1.29 is 17.6 Å². The number of hydrogen-bond donors (Lipinski definition) is 2. The number of nitrogens with one attached hydrogen (secondary N) is 1. The first kappa shape index (κ1) is 31.2. The highest BCUT2D eigenvalue weighted by Crippen LogP contribution is 2.42. The molecule has 11 heteroatoms. The molecule has 0 spiro atoms. The summed E-state index contributed by atoms with van der Waals surface area (Å²) in [4.78, 5) is 13.8. The Balaban J connectivity index is 1.88. The van der Waals surface area contributed by atoms with Crippen LogP contribution in [0.2, 0.25) is 4.34 Å². The number of alkyl halides is 3. The van der Waals surface area contributed by atoms with E-state index in [2.05, 4.69) is 12.0 Å². The van der Waals surface area contributed by atoms with Gasteiger partial charge < -0.3 is 10.6 Å². The summed E-state index contributed by atoms with van der Waals surface area (Å²) < 4.78 is 57.3. The van der Waals surface area contributed by atoms with Crippen molar-refractivity contribution in [2.75, 3.05) is 18.0 Å². The second-order valence-corrected chi connectivity index (χ2v) is 11.5. The van der Waals surface area contributed by atoms with Gasteiger partial charge in [0.1, 0.15) is 10.0 Å². The fraction of sp³-hybridized carbons (Fsp3) is 0.536. The number of thiophene rings is 1. The van der Waals surface area contributed by atoms with Gasteiger partial charge in [-0.2, -0.15) is 17.6 Å². The monoisotopic (exact) mass is 588 g/mol. The Kier molecular flexibility index (Phi) is 11.5. The number of anilines is 1. The van der Waals surface area contributed by atoms with Gasteiger partial charge in [0.2, 0.25) is 5.82 Å². The summed E-state index contributed by atoms with van der Waals surface area (Å²) in [7, 11) is 1.52. The van der Waals surface area contributed by atoms with Crippen LogP contribution in [0, 0.1) is 5.82 Å². The first-order chi connectivity index (χ1) is 18.6. The molecular formula is C28H37ClF4N4OS. The predicted octanol–water partition coefficient (Wildman–Crippen LogP) is 7.77. The van der Waals surface area contributed by atoms with Crippen molar-refractivity contribution in [3.05, 3.63) is 62.0 Å². The summed E-state index contributed by atoms with van der Waals surface area (Å²) in [6.45, 7) is 2.86. The van der Waals surface area contributed by atoms with E-state index in [1.807, 2.05) is 4.90 Å². The van der Waals surface area contributed by atoms with E-state index in [1.165, 1.54) is 60.9 Å². The first-order valence-electron chi connectivity index (χ1n) is 13.4. The van der Waals surface area contributed by atoms with Gasteiger partial charge in [-0.25, -0.2) is 0 Å². The van der Waals surface area contributed by atoms with Gasteiger partial charge in [0.05, 0.1) is 10.6 Å². The Labute approximate surface area is 235 Å². The third kappa shape index (κ3) is 8.11. The summed E-state index contributed by atoms with van der Waals surface area (Å²) in [5, 5.41) is 3.06. The van der Waals surface area contributed by atoms with Crippen molar-refractivity contribution >= 4 is 27.9 Å². The molecule has 0 radical (unpaired) electrons. The Hall–Kier alpha value is -2.30. The minimum absolute atomic E-state index is 0.0336. The van der Waals surface area contributed by atoms with Crippen molar-refractivity contribution in [1.29, 1.82) is 0 Å². The van der Waals surface area contributed by atoms with E-state index >= 15 is 0 Å². The molecule has 0 saturated heterocycles. The average Bonchev–Trinajstić information content (AvgIpc) is 3.38. The maximum Gasteiger partial charge on any atom is 0.416 e. The number of aromatic nitrogens is 2. The molecule has 39 heavy (non-hydrogen) atoms. The van der Waals surface area contributed by atoms with Gasteiger partial charge in [-0.15, -0.1) is 11.3 Å². The molecule has 3 N–H and O–H groups in total. The fourth-order valence-corrected chi connectivity index (χ4v) is 6.27. The lowest BCUT2D eigenvalue weighted by atomic mass is 9.98. The zero-order valence-corrected chi connectivity index (χ0v) is 24.0. The van der Waals surface area contributed by atoms with Gasteiger partial charge >= 0.3 is 11.7 Å². The number of aryl methyl sites for hydroxylation is 1. The molecule has 0 aliphatic heterocycles. The molecule has 216 valence electrons. The molecule has 0 aliphatic carbocycles. The number of hydrogen-bond acceptors (Lipinski definition) is 4. The number of halogens is 5. The summed E-state index contributed by atoms with van der Waals surface area (Å²) in [5.41, 5.74) is 5.19. The zero-order valence-electron chi connectivity index (χ0n) is 22.4. The van der Waals surface area contributed by atoms with Crippen molar-refractivity contribution in [2.45, 2.75) is 76.9 Å². The van der Waals surface area contributed by atoms with E-state index in [9.17, 15) is 22.4 Å². The van der Waals surface area contributed by atoms with Crippen LogP contribution in [0.3, 0.4) is 0 Å². The molecule has 0 aliphatic rings. The number of rotatable bonds is 15. The molecule has 3 aromatic rings. The van der Waals surface area contributed by atoms with Gasteiger partial charge in [-0.05, 0) is 30.5 Å². The lowest BCUT2D eigenvalue weighted by molar-refractivity contribution is -0.138. The standard InChI is InChI=1S/C28H37ClF4N4OS/c1-3-4-5-6-7-8-9-12-15-37(20(18-34)16-19-13-10-11-14-22(19)28(31,32)33)23-17-21(26(29)39-23)25-24(30)27(38)35-36(25)2/h10-11,13-14,17,20H,3-9,12,15-16,18,34H2,1-2H3,(H,35,38)/t20-/m0/s1. The van der Waals surface area contributed by atoms with Gasteiger partial charge in [0.15, 0.2) is 0 Å². The summed E-state index contributed by atoms with van der Waals surface area (Å²) in [6, 6.07) is 6.79. The SMILES string of the molecule is CCCCCCCCCCN(c1cc(-c2c(F)c(=O)[nH]n2C)c(Cl)s1)[C@H](CN)Cc1ccccc1C(F)(F)F. The lowest BCUT2D eigenvalue weighted by Crippen LogP contribution is -2.43. The van der Waals surface area contributed by atoms with E-state index in [-0.39, 0.29) is 28.6 Å². The number of H-pyrrole nitrogens is 1. The molecule has 3 rings (SSSR count). The minimum atomic E-state index is -4.48. The normalized spacial score (nSPS) is 12.7. The summed E-state index contributed by atoms with van der Waals surface area (Å²) in [5.74, 6) is -0.937. The maximum absolute atomic E-state index is 14.6. The molecule has 5 nitrogen and oxygen atoms in total. The molecule has 0 bridgehead atoms. The molecule has 0 amide bonds. The number of nitrogens with zero attached hydrogens (tertiary/aromatic N) is 2. The van der Waals surface area contributed by atoms with Crippen LogP contribution in [0.15, 0.2) is 35.1 Å².